The molecular weight excluding hydrogens is 913 g/mol. The van der Waals surface area contributed by atoms with Gasteiger partial charge in [-0.3, -0.25) is 0 Å². The van der Waals surface area contributed by atoms with E-state index in [9.17, 15) is 0 Å². The van der Waals surface area contributed by atoms with Gasteiger partial charge in [-0.25, -0.2) is 0 Å². The van der Waals surface area contributed by atoms with Gasteiger partial charge < -0.3 is 0 Å². The molecule has 14 rings (SSSR count). The van der Waals surface area contributed by atoms with Gasteiger partial charge in [0.15, 0.2) is 0 Å². The normalized spacial score (nSPS) is 17.1. The largest absolute Gasteiger partial charge is 0.0763 e. The lowest BCUT2D eigenvalue weighted by Crippen LogP contribution is -2.43. The quantitative estimate of drug-likeness (QED) is 0.121. The van der Waals surface area contributed by atoms with Crippen LogP contribution < -0.4 is 0 Å². The van der Waals surface area contributed by atoms with E-state index in [1.54, 1.807) is 0 Å². The van der Waals surface area contributed by atoms with Crippen molar-refractivity contribution in [2.75, 3.05) is 0 Å². The monoisotopic (exact) mass is 974 g/mol. The van der Waals surface area contributed by atoms with Gasteiger partial charge >= 0.3 is 0 Å². The maximum Gasteiger partial charge on any atom is 0.0455 e. The molecule has 0 fully saturated rings. The van der Waals surface area contributed by atoms with Crippen molar-refractivity contribution >= 4 is 11.1 Å². The molecule has 0 saturated heterocycles. The average molecular weight is 975 g/mol. The van der Waals surface area contributed by atoms with Gasteiger partial charge in [-0.2, -0.15) is 0 Å². The lowest BCUT2D eigenvalue weighted by atomic mass is 9.52. The van der Waals surface area contributed by atoms with Crippen molar-refractivity contribution in [3.63, 3.8) is 0 Å². The van der Waals surface area contributed by atoms with Crippen molar-refractivity contribution in [3.8, 4) is 0 Å². The van der Waals surface area contributed by atoms with Gasteiger partial charge in [0.05, 0.1) is 0 Å². The molecule has 4 aliphatic rings. The Labute approximate surface area is 449 Å². The molecule has 0 radical (unpaired) electrons. The van der Waals surface area contributed by atoms with Crippen LogP contribution in [0.3, 0.4) is 0 Å². The second-order valence-corrected chi connectivity index (χ2v) is 22.0. The summed E-state index contributed by atoms with van der Waals surface area (Å²) >= 11 is 0. The first-order chi connectivity index (χ1) is 37.6. The minimum atomic E-state index is -0.335. The molecule has 0 aromatic heterocycles. The Hall–Kier alpha value is -8.32. The maximum absolute atomic E-state index is 2.68. The van der Waals surface area contributed by atoms with E-state index in [1.807, 2.05) is 0 Å². The van der Waals surface area contributed by atoms with Crippen LogP contribution in [0.25, 0.3) is 11.1 Å². The van der Waals surface area contributed by atoms with Crippen molar-refractivity contribution in [2.24, 2.45) is 0 Å². The summed E-state index contributed by atoms with van der Waals surface area (Å²) in [6.07, 6.45) is 12.9. The standard InChI is InChI=1S/C76H62/c1-9-25-59(26-10-1)73(60-27-11-2-12-28-60)47-49-75(63-33-17-5-18-34-63,64-35-19-6-20-36-64)71-53-67-55(43-45-57(67)51-69(71)73)41-42-56-44-46-58-52-70-72(54-68(56)58)76(65-37-21-7-22-38-65,66-39-23-8-24-40-66)50-48-74(70,61-29-13-3-14-30-61)62-31-15-4-16-32-62/h1-40,43-44,51-54H,41-42,45-50H2. The van der Waals surface area contributed by atoms with E-state index >= 15 is 0 Å². The summed E-state index contributed by atoms with van der Waals surface area (Å²) in [5, 5.41) is 0. The summed E-state index contributed by atoms with van der Waals surface area (Å²) in [6, 6.07) is 102. The fraction of sp³-hybridized carbons (Fsp3) is 0.158. The molecule has 0 atom stereocenters. The van der Waals surface area contributed by atoms with Crippen molar-refractivity contribution in [3.05, 3.63) is 368 Å². The van der Waals surface area contributed by atoms with E-state index < -0.39 is 0 Å². The predicted molar refractivity (Wildman–Crippen MR) is 315 cm³/mol. The summed E-state index contributed by atoms with van der Waals surface area (Å²) in [4.78, 5) is 0. The molecule has 0 saturated carbocycles. The first kappa shape index (κ1) is 46.2. The van der Waals surface area contributed by atoms with Crippen LogP contribution >= 0.6 is 0 Å². The Balaban J connectivity index is 0.912. The molecule has 0 nitrogen and oxygen atoms in total. The summed E-state index contributed by atoms with van der Waals surface area (Å²) in [7, 11) is 0. The third-order valence-electron chi connectivity index (χ3n) is 18.7. The molecule has 0 N–H and O–H groups in total. The number of hydrogen-bond donors (Lipinski definition) is 0. The Morgan fingerprint density at radius 2 is 0.434 bits per heavy atom. The van der Waals surface area contributed by atoms with Crippen LogP contribution in [0.2, 0.25) is 0 Å². The van der Waals surface area contributed by atoms with Gasteiger partial charge in [-0.15, -0.1) is 0 Å². The molecular formula is C76H62. The van der Waals surface area contributed by atoms with Crippen molar-refractivity contribution in [2.45, 2.75) is 73.0 Å². The molecule has 0 bridgehead atoms. The molecule has 10 aromatic rings. The second kappa shape index (κ2) is 18.8. The Morgan fingerprint density at radius 3 is 0.645 bits per heavy atom. The van der Waals surface area contributed by atoms with Crippen LogP contribution in [0.4, 0.5) is 0 Å². The summed E-state index contributed by atoms with van der Waals surface area (Å²) in [5.41, 5.74) is 24.1. The fourth-order valence-corrected chi connectivity index (χ4v) is 15.2. The van der Waals surface area contributed by atoms with Crippen molar-refractivity contribution in [1.82, 2.24) is 0 Å². The summed E-state index contributed by atoms with van der Waals surface area (Å²) in [6.45, 7) is 0. The van der Waals surface area contributed by atoms with Gasteiger partial charge in [0.1, 0.15) is 0 Å². The highest BCUT2D eigenvalue weighted by Crippen LogP contribution is 2.61. The van der Waals surface area contributed by atoms with Gasteiger partial charge in [-0.05, 0) is 164 Å². The van der Waals surface area contributed by atoms with E-state index in [4.69, 9.17) is 0 Å². The van der Waals surface area contributed by atoms with Crippen LogP contribution in [0, 0.1) is 0 Å². The minimum absolute atomic E-state index is 0.312. The van der Waals surface area contributed by atoms with Crippen LogP contribution in [-0.4, -0.2) is 0 Å². The van der Waals surface area contributed by atoms with Gasteiger partial charge in [0.25, 0.3) is 0 Å². The summed E-state index contributed by atoms with van der Waals surface area (Å²) < 4.78 is 0. The number of benzene rings is 10. The van der Waals surface area contributed by atoms with Crippen LogP contribution in [0.15, 0.2) is 279 Å². The third kappa shape index (κ3) is 7.10. The van der Waals surface area contributed by atoms with E-state index in [1.165, 1.54) is 100 Å². The van der Waals surface area contributed by atoms with Crippen LogP contribution in [-0.2, 0) is 34.5 Å². The topological polar surface area (TPSA) is 0 Å². The third-order valence-corrected chi connectivity index (χ3v) is 18.7. The zero-order chi connectivity index (χ0) is 50.6. The first-order valence-corrected chi connectivity index (χ1v) is 27.8. The van der Waals surface area contributed by atoms with Gasteiger partial charge in [0, 0.05) is 21.7 Å². The Kier molecular flexibility index (Phi) is 11.4. The van der Waals surface area contributed by atoms with Gasteiger partial charge in [0.2, 0.25) is 0 Å². The molecule has 10 aromatic carbocycles. The predicted octanol–water partition coefficient (Wildman–Crippen LogP) is 18.0. The number of hydrogen-bond acceptors (Lipinski definition) is 0. The molecule has 0 spiro atoms. The fourth-order valence-electron chi connectivity index (χ4n) is 15.2. The second-order valence-electron chi connectivity index (χ2n) is 22.0. The van der Waals surface area contributed by atoms with Crippen molar-refractivity contribution in [1.29, 1.82) is 0 Å². The van der Waals surface area contributed by atoms with E-state index in [0.29, 0.717) is 0 Å². The molecule has 4 aliphatic carbocycles. The number of fused-ring (bicyclic) bond motifs is 4. The zero-order valence-electron chi connectivity index (χ0n) is 43.2. The molecule has 0 unspecified atom stereocenters. The lowest BCUT2D eigenvalue weighted by molar-refractivity contribution is 0.407. The van der Waals surface area contributed by atoms with Crippen LogP contribution in [0.1, 0.15) is 128 Å². The van der Waals surface area contributed by atoms with E-state index in [0.717, 1.165) is 51.4 Å². The van der Waals surface area contributed by atoms with E-state index in [-0.39, 0.29) is 21.7 Å². The first-order valence-electron chi connectivity index (χ1n) is 27.8. The minimum Gasteiger partial charge on any atom is -0.0763 e. The zero-order valence-corrected chi connectivity index (χ0v) is 43.2. The lowest BCUT2D eigenvalue weighted by Gasteiger charge is -2.50. The number of allylic oxidation sites excluding steroid dienone is 4. The molecule has 0 heterocycles. The highest BCUT2D eigenvalue weighted by molar-refractivity contribution is 5.81. The SMILES string of the molecule is C1=C(CCC2=CCc3cc4c(cc32)C(c2ccccc2)(c2ccccc2)CCC4(c2ccccc2)c2ccccc2)c2cc3c(cc2C1)C(c1ccccc1)(c1ccccc1)CCC3(c1ccccc1)c1ccccc1. The average Bonchev–Trinajstić information content (AvgIpc) is 4.25. The number of rotatable bonds is 11. The Morgan fingerprint density at radius 1 is 0.237 bits per heavy atom. The molecule has 0 heteroatoms. The highest BCUT2D eigenvalue weighted by atomic mass is 14.5. The maximum atomic E-state index is 2.68. The summed E-state index contributed by atoms with van der Waals surface area (Å²) in [5.74, 6) is 0. The molecule has 366 valence electrons. The van der Waals surface area contributed by atoms with Crippen LogP contribution in [0.5, 0.6) is 0 Å². The van der Waals surface area contributed by atoms with E-state index in [2.05, 4.69) is 279 Å². The smallest absolute Gasteiger partial charge is 0.0455 e. The molecule has 0 amide bonds. The molecule has 76 heavy (non-hydrogen) atoms. The van der Waals surface area contributed by atoms with Crippen molar-refractivity contribution < 1.29 is 0 Å². The molecule has 0 aliphatic heterocycles. The highest BCUT2D eigenvalue weighted by Gasteiger charge is 2.53. The van der Waals surface area contributed by atoms with Gasteiger partial charge in [-0.1, -0.05) is 267 Å². The Bertz CT molecular complexity index is 3350.